The molecule has 1 saturated heterocycles. The minimum Gasteiger partial charge on any atom is -0.299 e. The maximum atomic E-state index is 11.7. The van der Waals surface area contributed by atoms with Crippen LogP contribution >= 0.6 is 11.8 Å². The summed E-state index contributed by atoms with van der Waals surface area (Å²) in [6.45, 7) is 7.60. The monoisotopic (exact) mass is 255 g/mol. The van der Waals surface area contributed by atoms with Crippen molar-refractivity contribution >= 4 is 17.5 Å². The molecular formula is C14H25NOS. The number of hydrogen-bond donors (Lipinski definition) is 0. The number of carbonyl (C=O) groups excluding carboxylic acids is 1. The molecule has 0 aromatic carbocycles. The van der Waals surface area contributed by atoms with Gasteiger partial charge in [-0.3, -0.25) is 9.69 Å². The Balaban J connectivity index is 2.03. The topological polar surface area (TPSA) is 20.3 Å². The Kier molecular flexibility index (Phi) is 4.53. The molecule has 4 atom stereocenters. The van der Waals surface area contributed by atoms with Gasteiger partial charge in [-0.05, 0) is 25.5 Å². The largest absolute Gasteiger partial charge is 0.299 e. The Bertz CT molecular complexity index is 281. The van der Waals surface area contributed by atoms with E-state index in [0.29, 0.717) is 11.8 Å². The number of Topliss-reactive ketones (excluding diaryl/α,β-unsaturated/α-hetero) is 1. The predicted octanol–water partition coefficient (Wildman–Crippen LogP) is 2.96. The normalized spacial score (nSPS) is 39.8. The number of rotatable bonds is 3. The fraction of sp³-hybridized carbons (Fsp3) is 0.929. The van der Waals surface area contributed by atoms with Gasteiger partial charge in [0.05, 0.1) is 0 Å². The third-order valence-corrected chi connectivity index (χ3v) is 5.91. The van der Waals surface area contributed by atoms with Crippen LogP contribution in [0.25, 0.3) is 0 Å². The fourth-order valence-electron chi connectivity index (χ4n) is 3.39. The molecule has 17 heavy (non-hydrogen) atoms. The van der Waals surface area contributed by atoms with Crippen molar-refractivity contribution in [1.82, 2.24) is 4.90 Å². The van der Waals surface area contributed by atoms with Crippen LogP contribution in [0.15, 0.2) is 0 Å². The van der Waals surface area contributed by atoms with Gasteiger partial charge in [0.1, 0.15) is 5.78 Å². The summed E-state index contributed by atoms with van der Waals surface area (Å²) in [6, 6.07) is 1.17. The Morgan fingerprint density at radius 3 is 2.82 bits per heavy atom. The van der Waals surface area contributed by atoms with E-state index in [1.54, 1.807) is 0 Å². The number of carbonyl (C=O) groups is 1. The third-order valence-electron chi connectivity index (χ3n) is 4.60. The van der Waals surface area contributed by atoms with Crippen LogP contribution in [0.5, 0.6) is 0 Å². The maximum absolute atomic E-state index is 11.7. The smallest absolute Gasteiger partial charge is 0.138 e. The molecule has 1 aliphatic heterocycles. The number of ketones is 1. The quantitative estimate of drug-likeness (QED) is 0.773. The molecule has 98 valence electrons. The molecule has 1 heterocycles. The van der Waals surface area contributed by atoms with Crippen LogP contribution in [-0.2, 0) is 4.79 Å². The van der Waals surface area contributed by atoms with E-state index in [9.17, 15) is 4.79 Å². The lowest BCUT2D eigenvalue weighted by Gasteiger charge is -2.42. The summed E-state index contributed by atoms with van der Waals surface area (Å²) in [4.78, 5) is 14.4. The Morgan fingerprint density at radius 2 is 2.12 bits per heavy atom. The molecule has 0 spiro atoms. The lowest BCUT2D eigenvalue weighted by molar-refractivity contribution is -0.128. The molecule has 2 nitrogen and oxygen atoms in total. The SMILES string of the molecule is CCSC1CCCC1N1CCC(=O)C(C)C1C. The molecule has 0 aromatic heterocycles. The number of likely N-dealkylation sites (tertiary alicyclic amines) is 1. The molecule has 1 aliphatic carbocycles. The molecule has 0 bridgehead atoms. The summed E-state index contributed by atoms with van der Waals surface area (Å²) in [5.41, 5.74) is 0. The first-order chi connectivity index (χ1) is 8.15. The Labute approximate surface area is 110 Å². The molecule has 0 aromatic rings. The van der Waals surface area contributed by atoms with E-state index in [1.165, 1.54) is 25.0 Å². The Hall–Kier alpha value is -0.0200. The highest BCUT2D eigenvalue weighted by molar-refractivity contribution is 7.99. The second-order valence-electron chi connectivity index (χ2n) is 5.48. The molecule has 2 aliphatic rings. The molecule has 0 radical (unpaired) electrons. The zero-order valence-corrected chi connectivity index (χ0v) is 12.1. The van der Waals surface area contributed by atoms with Gasteiger partial charge in [-0.2, -0.15) is 11.8 Å². The van der Waals surface area contributed by atoms with Gasteiger partial charge in [0.2, 0.25) is 0 Å². The summed E-state index contributed by atoms with van der Waals surface area (Å²) in [5, 5.41) is 0.808. The average Bonchev–Trinajstić information content (AvgIpc) is 2.75. The molecular weight excluding hydrogens is 230 g/mol. The van der Waals surface area contributed by atoms with Crippen LogP contribution in [0.3, 0.4) is 0 Å². The first-order valence-corrected chi connectivity index (χ1v) is 8.10. The van der Waals surface area contributed by atoms with Gasteiger partial charge in [-0.15, -0.1) is 0 Å². The van der Waals surface area contributed by atoms with Crippen LogP contribution in [0.4, 0.5) is 0 Å². The Morgan fingerprint density at radius 1 is 1.35 bits per heavy atom. The van der Waals surface area contributed by atoms with Crippen LogP contribution in [0.2, 0.25) is 0 Å². The van der Waals surface area contributed by atoms with Crippen molar-refractivity contribution in [3.63, 3.8) is 0 Å². The van der Waals surface area contributed by atoms with Gasteiger partial charge in [-0.1, -0.05) is 20.3 Å². The summed E-state index contributed by atoms with van der Waals surface area (Å²) < 4.78 is 0. The van der Waals surface area contributed by atoms with Crippen LogP contribution < -0.4 is 0 Å². The zero-order chi connectivity index (χ0) is 12.4. The van der Waals surface area contributed by atoms with Gasteiger partial charge < -0.3 is 0 Å². The van der Waals surface area contributed by atoms with Gasteiger partial charge in [0.25, 0.3) is 0 Å². The van der Waals surface area contributed by atoms with E-state index in [-0.39, 0.29) is 5.92 Å². The average molecular weight is 255 g/mol. The van der Waals surface area contributed by atoms with E-state index in [0.717, 1.165) is 24.3 Å². The molecule has 2 rings (SSSR count). The number of piperidine rings is 1. The van der Waals surface area contributed by atoms with Gasteiger partial charge in [0.15, 0.2) is 0 Å². The number of thioether (sulfide) groups is 1. The minimum atomic E-state index is 0.233. The van der Waals surface area contributed by atoms with Gasteiger partial charge in [-0.25, -0.2) is 0 Å². The molecule has 2 fully saturated rings. The molecule has 3 heteroatoms. The van der Waals surface area contributed by atoms with E-state index in [4.69, 9.17) is 0 Å². The summed E-state index contributed by atoms with van der Waals surface area (Å²) in [5.74, 6) is 1.92. The fourth-order valence-corrected chi connectivity index (χ4v) is 4.67. The minimum absolute atomic E-state index is 0.233. The number of nitrogens with zero attached hydrogens (tertiary/aromatic N) is 1. The van der Waals surface area contributed by atoms with E-state index >= 15 is 0 Å². The second kappa shape index (κ2) is 5.75. The van der Waals surface area contributed by atoms with Crippen LogP contribution in [-0.4, -0.2) is 40.3 Å². The first-order valence-electron chi connectivity index (χ1n) is 7.05. The molecule has 4 unspecified atom stereocenters. The molecule has 0 amide bonds. The molecule has 0 N–H and O–H groups in total. The summed E-state index contributed by atoms with van der Waals surface area (Å²) in [6.07, 6.45) is 4.84. The van der Waals surface area contributed by atoms with Crippen molar-refractivity contribution in [2.75, 3.05) is 12.3 Å². The maximum Gasteiger partial charge on any atom is 0.138 e. The van der Waals surface area contributed by atoms with E-state index in [1.807, 2.05) is 0 Å². The standard InChI is InChI=1S/C14H25NOS/c1-4-17-14-7-5-6-12(14)15-9-8-13(16)10(2)11(15)3/h10-12,14H,4-9H2,1-3H3. The van der Waals surface area contributed by atoms with Crippen molar-refractivity contribution in [1.29, 1.82) is 0 Å². The zero-order valence-electron chi connectivity index (χ0n) is 11.3. The third kappa shape index (κ3) is 2.70. The lowest BCUT2D eigenvalue weighted by Crippen LogP contribution is -2.53. The highest BCUT2D eigenvalue weighted by Gasteiger charge is 2.39. The first kappa shape index (κ1) is 13.4. The highest BCUT2D eigenvalue weighted by Crippen LogP contribution is 2.36. The predicted molar refractivity (Wildman–Crippen MR) is 74.5 cm³/mol. The number of hydrogen-bond acceptors (Lipinski definition) is 3. The summed E-state index contributed by atoms with van der Waals surface area (Å²) >= 11 is 2.12. The summed E-state index contributed by atoms with van der Waals surface area (Å²) in [7, 11) is 0. The van der Waals surface area contributed by atoms with Crippen LogP contribution in [0, 0.1) is 5.92 Å². The highest BCUT2D eigenvalue weighted by atomic mass is 32.2. The van der Waals surface area contributed by atoms with Crippen molar-refractivity contribution in [2.45, 2.75) is 63.8 Å². The molecule has 1 saturated carbocycles. The van der Waals surface area contributed by atoms with Crippen molar-refractivity contribution in [2.24, 2.45) is 5.92 Å². The van der Waals surface area contributed by atoms with Gasteiger partial charge in [0, 0.05) is 36.2 Å². The van der Waals surface area contributed by atoms with Crippen molar-refractivity contribution in [3.05, 3.63) is 0 Å². The van der Waals surface area contributed by atoms with Crippen molar-refractivity contribution in [3.8, 4) is 0 Å². The van der Waals surface area contributed by atoms with E-state index in [2.05, 4.69) is 37.4 Å². The second-order valence-corrected chi connectivity index (χ2v) is 6.99. The lowest BCUT2D eigenvalue weighted by atomic mass is 9.89. The van der Waals surface area contributed by atoms with Gasteiger partial charge >= 0.3 is 0 Å². The van der Waals surface area contributed by atoms with Crippen molar-refractivity contribution < 1.29 is 4.79 Å². The van der Waals surface area contributed by atoms with Crippen LogP contribution in [0.1, 0.15) is 46.5 Å². The van der Waals surface area contributed by atoms with E-state index < -0.39 is 0 Å².